The highest BCUT2D eigenvalue weighted by Gasteiger charge is 2.16. The summed E-state index contributed by atoms with van der Waals surface area (Å²) >= 11 is 5.73. The van der Waals surface area contributed by atoms with E-state index in [1.165, 1.54) is 0 Å². The lowest BCUT2D eigenvalue weighted by atomic mass is 10.0. The largest absolute Gasteiger partial charge is 0.294 e. The first kappa shape index (κ1) is 14.1. The van der Waals surface area contributed by atoms with E-state index in [9.17, 15) is 19.3 Å². The van der Waals surface area contributed by atoms with Crippen LogP contribution in [0.3, 0.4) is 0 Å². The van der Waals surface area contributed by atoms with E-state index in [-0.39, 0.29) is 17.7 Å². The van der Waals surface area contributed by atoms with Gasteiger partial charge in [-0.3, -0.25) is 14.9 Å². The molecule has 0 N–H and O–H groups in total. The summed E-state index contributed by atoms with van der Waals surface area (Å²) in [5, 5.41) is 11.0. The Labute approximate surface area is 119 Å². The topological polar surface area (TPSA) is 60.2 Å². The number of Topliss-reactive ketones (excluding diaryl/α,β-unsaturated/α-hetero) is 1. The number of hydrogen-bond acceptors (Lipinski definition) is 3. The first-order chi connectivity index (χ1) is 9.47. The van der Waals surface area contributed by atoms with Gasteiger partial charge in [-0.15, -0.1) is 0 Å². The van der Waals surface area contributed by atoms with Crippen LogP contribution < -0.4 is 0 Å². The second-order valence-electron chi connectivity index (χ2n) is 4.15. The molecule has 0 radical (unpaired) electrons. The summed E-state index contributed by atoms with van der Waals surface area (Å²) in [6, 6.07) is 9.60. The van der Waals surface area contributed by atoms with E-state index >= 15 is 0 Å². The van der Waals surface area contributed by atoms with Gasteiger partial charge in [-0.25, -0.2) is 4.39 Å². The van der Waals surface area contributed by atoms with Crippen molar-refractivity contribution in [2.75, 3.05) is 0 Å². The molecule has 102 valence electrons. The Kier molecular flexibility index (Phi) is 4.10. The Hall–Kier alpha value is -2.27. The second-order valence-corrected chi connectivity index (χ2v) is 4.58. The summed E-state index contributed by atoms with van der Waals surface area (Å²) < 4.78 is 13.7. The second kappa shape index (κ2) is 5.79. The zero-order valence-corrected chi connectivity index (χ0v) is 10.9. The van der Waals surface area contributed by atoms with Crippen molar-refractivity contribution in [2.24, 2.45) is 0 Å². The molecular weight excluding hydrogens is 285 g/mol. The summed E-state index contributed by atoms with van der Waals surface area (Å²) in [6.07, 6.45) is 0.00585. The van der Waals surface area contributed by atoms with E-state index in [0.29, 0.717) is 10.6 Å². The molecule has 0 spiro atoms. The number of nitrogens with zero attached hydrogens (tertiary/aromatic N) is 1. The number of non-ortho nitro benzene ring substituents is 1. The third-order valence-electron chi connectivity index (χ3n) is 2.74. The van der Waals surface area contributed by atoms with Gasteiger partial charge in [0.25, 0.3) is 5.69 Å². The lowest BCUT2D eigenvalue weighted by Crippen LogP contribution is -2.06. The van der Waals surface area contributed by atoms with Crippen molar-refractivity contribution in [2.45, 2.75) is 6.42 Å². The summed E-state index contributed by atoms with van der Waals surface area (Å²) in [7, 11) is 0. The molecule has 0 aliphatic rings. The van der Waals surface area contributed by atoms with Gasteiger partial charge in [0, 0.05) is 17.5 Å². The van der Waals surface area contributed by atoms with Crippen molar-refractivity contribution in [1.82, 2.24) is 0 Å². The standard InChI is InChI=1S/C14H9ClFNO3/c15-10-3-1-9(2-4-10)7-14(18)12-6-5-11(17(19)20)8-13(12)16/h1-6,8H,7H2. The van der Waals surface area contributed by atoms with E-state index in [2.05, 4.69) is 0 Å². The van der Waals surface area contributed by atoms with Crippen LogP contribution in [0.4, 0.5) is 10.1 Å². The smallest absolute Gasteiger partial charge is 0.272 e. The Morgan fingerprint density at radius 1 is 1.20 bits per heavy atom. The Bertz CT molecular complexity index is 671. The third-order valence-corrected chi connectivity index (χ3v) is 2.99. The van der Waals surface area contributed by atoms with Gasteiger partial charge >= 0.3 is 0 Å². The van der Waals surface area contributed by atoms with Crippen molar-refractivity contribution in [3.63, 3.8) is 0 Å². The lowest BCUT2D eigenvalue weighted by molar-refractivity contribution is -0.385. The summed E-state index contributed by atoms with van der Waals surface area (Å²) in [5.74, 6) is -1.34. The van der Waals surface area contributed by atoms with Crippen LogP contribution in [0.5, 0.6) is 0 Å². The highest BCUT2D eigenvalue weighted by Crippen LogP contribution is 2.19. The molecular formula is C14H9ClFNO3. The van der Waals surface area contributed by atoms with Crippen molar-refractivity contribution >= 4 is 23.1 Å². The minimum absolute atomic E-state index is 0.00585. The maximum atomic E-state index is 13.7. The molecule has 2 rings (SSSR count). The molecule has 6 heteroatoms. The van der Waals surface area contributed by atoms with E-state index in [0.717, 1.165) is 18.2 Å². The minimum atomic E-state index is -0.891. The SMILES string of the molecule is O=C(Cc1ccc(Cl)cc1)c1ccc([N+](=O)[O-])cc1F. The molecule has 0 saturated carbocycles. The van der Waals surface area contributed by atoms with E-state index in [4.69, 9.17) is 11.6 Å². The van der Waals surface area contributed by atoms with Gasteiger partial charge in [0.15, 0.2) is 5.78 Å². The van der Waals surface area contributed by atoms with Gasteiger partial charge in [-0.2, -0.15) is 0 Å². The average molecular weight is 294 g/mol. The number of nitro groups is 1. The van der Waals surface area contributed by atoms with Gasteiger partial charge in [0.2, 0.25) is 0 Å². The molecule has 0 bridgehead atoms. The van der Waals surface area contributed by atoms with Crippen molar-refractivity contribution in [1.29, 1.82) is 0 Å². The first-order valence-electron chi connectivity index (χ1n) is 5.69. The quantitative estimate of drug-likeness (QED) is 0.489. The number of carbonyl (C=O) groups is 1. The van der Waals surface area contributed by atoms with E-state index in [1.807, 2.05) is 0 Å². The van der Waals surface area contributed by atoms with Gasteiger partial charge in [0.05, 0.1) is 16.6 Å². The van der Waals surface area contributed by atoms with Crippen molar-refractivity contribution in [3.05, 3.63) is 74.5 Å². The number of benzene rings is 2. The van der Waals surface area contributed by atoms with E-state index < -0.39 is 16.5 Å². The predicted molar refractivity (Wildman–Crippen MR) is 72.5 cm³/mol. The molecule has 0 unspecified atom stereocenters. The minimum Gasteiger partial charge on any atom is -0.294 e. The fourth-order valence-electron chi connectivity index (χ4n) is 1.73. The molecule has 0 saturated heterocycles. The molecule has 0 aliphatic heterocycles. The fraction of sp³-hybridized carbons (Fsp3) is 0.0714. The fourth-order valence-corrected chi connectivity index (χ4v) is 1.85. The monoisotopic (exact) mass is 293 g/mol. The van der Waals surface area contributed by atoms with Crippen LogP contribution in [0.2, 0.25) is 5.02 Å². The van der Waals surface area contributed by atoms with Crippen LogP contribution in [0, 0.1) is 15.9 Å². The maximum Gasteiger partial charge on any atom is 0.272 e. The molecule has 0 amide bonds. The van der Waals surface area contributed by atoms with Crippen LogP contribution in [-0.4, -0.2) is 10.7 Å². The molecule has 4 nitrogen and oxygen atoms in total. The van der Waals surface area contributed by atoms with Crippen LogP contribution in [-0.2, 0) is 6.42 Å². The zero-order chi connectivity index (χ0) is 14.7. The zero-order valence-electron chi connectivity index (χ0n) is 10.2. The van der Waals surface area contributed by atoms with Gasteiger partial charge in [0.1, 0.15) is 5.82 Å². The highest BCUT2D eigenvalue weighted by molar-refractivity contribution is 6.30. The first-order valence-corrected chi connectivity index (χ1v) is 6.07. The summed E-state index contributed by atoms with van der Waals surface area (Å²) in [6.45, 7) is 0. The number of hydrogen-bond donors (Lipinski definition) is 0. The van der Waals surface area contributed by atoms with Gasteiger partial charge < -0.3 is 0 Å². The highest BCUT2D eigenvalue weighted by atomic mass is 35.5. The van der Waals surface area contributed by atoms with Crippen LogP contribution >= 0.6 is 11.6 Å². The number of halogens is 2. The number of rotatable bonds is 4. The number of carbonyl (C=O) groups excluding carboxylic acids is 1. The van der Waals surface area contributed by atoms with Gasteiger partial charge in [-0.1, -0.05) is 23.7 Å². The normalized spacial score (nSPS) is 10.3. The summed E-state index contributed by atoms with van der Waals surface area (Å²) in [4.78, 5) is 21.7. The van der Waals surface area contributed by atoms with Gasteiger partial charge in [-0.05, 0) is 23.8 Å². The number of ketones is 1. The summed E-state index contributed by atoms with van der Waals surface area (Å²) in [5.41, 5.74) is 0.147. The molecule has 20 heavy (non-hydrogen) atoms. The molecule has 0 fully saturated rings. The Morgan fingerprint density at radius 3 is 2.40 bits per heavy atom. The Balaban J connectivity index is 2.21. The van der Waals surface area contributed by atoms with E-state index in [1.54, 1.807) is 24.3 Å². The van der Waals surface area contributed by atoms with Crippen LogP contribution in [0.1, 0.15) is 15.9 Å². The molecule has 0 aliphatic carbocycles. The molecule has 0 atom stereocenters. The molecule has 0 heterocycles. The number of nitro benzene ring substituents is 1. The van der Waals surface area contributed by atoms with Crippen molar-refractivity contribution in [3.8, 4) is 0 Å². The third kappa shape index (κ3) is 3.19. The maximum absolute atomic E-state index is 13.7. The van der Waals surface area contributed by atoms with Crippen LogP contribution in [0.25, 0.3) is 0 Å². The average Bonchev–Trinajstić information content (AvgIpc) is 2.41. The van der Waals surface area contributed by atoms with Crippen LogP contribution in [0.15, 0.2) is 42.5 Å². The molecule has 2 aromatic carbocycles. The lowest BCUT2D eigenvalue weighted by Gasteiger charge is -2.03. The predicted octanol–water partition coefficient (Wildman–Crippen LogP) is 3.81. The Morgan fingerprint density at radius 2 is 1.85 bits per heavy atom. The van der Waals surface area contributed by atoms with Crippen molar-refractivity contribution < 1.29 is 14.1 Å². The molecule has 0 aromatic heterocycles. The molecule has 2 aromatic rings.